The Morgan fingerprint density at radius 1 is 0.702 bits per heavy atom. The standard InChI is InChI=1S/C28H32FNO4.C14H20FNO4.C2H6O/c1-28(2)33-20-24(34-28)19-32-23-13-14-26(29)25(15-23)27(31)18-30(16-21-9-5-3-6-10-21)17-22-11-7-4-8-12-22;1-14(2)19-8-10(20-14)7-18-9-3-4-12(15)11(5-9)13(17)6-16;1-2-3/h3-15,24,27,31H,16-20H2,1-2H3;3-5,10,13,17H,6-8,16H2,1-2H3;3H,2H2,1H3/t24-,27+;10-,13+;/m00./s1. The van der Waals surface area contributed by atoms with E-state index in [0.29, 0.717) is 51.0 Å². The number of nitrogens with two attached hydrogens (primary N) is 1. The molecule has 2 aliphatic rings. The van der Waals surface area contributed by atoms with Gasteiger partial charge < -0.3 is 49.5 Å². The van der Waals surface area contributed by atoms with E-state index in [1.165, 1.54) is 24.3 Å². The monoisotopic (exact) mass is 796 g/mol. The molecule has 4 aromatic carbocycles. The highest BCUT2D eigenvalue weighted by Gasteiger charge is 2.34. The van der Waals surface area contributed by atoms with Crippen molar-refractivity contribution in [1.82, 2.24) is 4.90 Å². The minimum absolute atomic E-state index is 0.0475. The van der Waals surface area contributed by atoms with Crippen LogP contribution in [0.5, 0.6) is 11.5 Å². The molecule has 0 aromatic heterocycles. The fourth-order valence-electron chi connectivity index (χ4n) is 6.14. The Morgan fingerprint density at radius 2 is 1.11 bits per heavy atom. The van der Waals surface area contributed by atoms with E-state index in [1.807, 2.05) is 64.1 Å². The molecule has 0 unspecified atom stereocenters. The van der Waals surface area contributed by atoms with E-state index in [4.69, 9.17) is 39.3 Å². The van der Waals surface area contributed by atoms with Gasteiger partial charge >= 0.3 is 0 Å². The fraction of sp³-hybridized carbons (Fsp3) is 0.455. The number of hydrogen-bond donors (Lipinski definition) is 4. The highest BCUT2D eigenvalue weighted by molar-refractivity contribution is 5.32. The number of rotatable bonds is 15. The second-order valence-electron chi connectivity index (χ2n) is 14.6. The molecular weight excluding hydrogens is 738 g/mol. The lowest BCUT2D eigenvalue weighted by Crippen LogP contribution is -2.28. The second kappa shape index (κ2) is 22.2. The smallest absolute Gasteiger partial charge is 0.163 e. The van der Waals surface area contributed by atoms with Crippen molar-refractivity contribution >= 4 is 0 Å². The first kappa shape index (κ1) is 45.7. The van der Waals surface area contributed by atoms with Gasteiger partial charge in [0.2, 0.25) is 0 Å². The van der Waals surface area contributed by atoms with Gasteiger partial charge in [-0.1, -0.05) is 60.7 Å². The summed E-state index contributed by atoms with van der Waals surface area (Å²) in [6.07, 6.45) is -2.41. The molecule has 0 radical (unpaired) electrons. The van der Waals surface area contributed by atoms with Crippen LogP contribution in [0.15, 0.2) is 97.1 Å². The molecule has 0 bridgehead atoms. The van der Waals surface area contributed by atoms with Gasteiger partial charge in [-0.15, -0.1) is 0 Å². The van der Waals surface area contributed by atoms with Crippen LogP contribution in [0.4, 0.5) is 8.78 Å². The Labute approximate surface area is 334 Å². The molecule has 57 heavy (non-hydrogen) atoms. The van der Waals surface area contributed by atoms with Gasteiger partial charge in [-0.25, -0.2) is 8.78 Å². The van der Waals surface area contributed by atoms with Crippen LogP contribution in [0, 0.1) is 11.6 Å². The van der Waals surface area contributed by atoms with Gasteiger partial charge in [0.25, 0.3) is 0 Å². The van der Waals surface area contributed by atoms with Crippen molar-refractivity contribution in [3.8, 4) is 11.5 Å². The van der Waals surface area contributed by atoms with Crippen molar-refractivity contribution in [2.45, 2.75) is 83.7 Å². The maximum absolute atomic E-state index is 14.7. The molecule has 0 saturated carbocycles. The van der Waals surface area contributed by atoms with Gasteiger partial charge in [-0.3, -0.25) is 4.90 Å². The van der Waals surface area contributed by atoms with E-state index in [-0.39, 0.29) is 43.0 Å². The summed E-state index contributed by atoms with van der Waals surface area (Å²) in [5, 5.41) is 28.2. The summed E-state index contributed by atoms with van der Waals surface area (Å²) >= 11 is 0. The van der Waals surface area contributed by atoms with Crippen LogP contribution in [0.1, 0.15) is 69.1 Å². The normalized spacial score (nSPS) is 19.2. The summed E-state index contributed by atoms with van der Waals surface area (Å²) in [6.45, 7) is 12.3. The van der Waals surface area contributed by atoms with E-state index in [9.17, 15) is 19.0 Å². The number of halogens is 2. The van der Waals surface area contributed by atoms with Gasteiger partial charge in [0.1, 0.15) is 48.6 Å². The predicted octanol–water partition coefficient (Wildman–Crippen LogP) is 6.44. The van der Waals surface area contributed by atoms with Gasteiger partial charge in [-0.05, 0) is 82.1 Å². The molecule has 4 atom stereocenters. The average Bonchev–Trinajstić information content (AvgIpc) is 3.73. The number of benzene rings is 4. The van der Waals surface area contributed by atoms with E-state index < -0.39 is 35.4 Å². The van der Waals surface area contributed by atoms with Crippen LogP contribution >= 0.6 is 0 Å². The summed E-state index contributed by atoms with van der Waals surface area (Å²) < 4.78 is 61.9. The molecule has 2 heterocycles. The second-order valence-corrected chi connectivity index (χ2v) is 14.6. The van der Waals surface area contributed by atoms with E-state index in [0.717, 1.165) is 11.1 Å². The average molecular weight is 797 g/mol. The summed E-state index contributed by atoms with van der Waals surface area (Å²) in [6, 6.07) is 28.8. The Kier molecular flexibility index (Phi) is 17.8. The number of hydrogen-bond acceptors (Lipinski definition) is 11. The molecule has 2 aliphatic heterocycles. The molecule has 2 saturated heterocycles. The SMILES string of the molecule is CC1(C)OC[C@H](COc2ccc(F)c([C@H](O)CN(Cc3ccccc3)Cc3ccccc3)c2)O1.CC1(C)OC[C@H](COc2ccc(F)c([C@H](O)CN)c2)O1.CCO. The first-order valence-corrected chi connectivity index (χ1v) is 19.2. The molecule has 0 amide bonds. The lowest BCUT2D eigenvalue weighted by molar-refractivity contribution is -0.141. The molecule has 4 aromatic rings. The lowest BCUT2D eigenvalue weighted by Gasteiger charge is -2.26. The molecule has 13 heteroatoms. The summed E-state index contributed by atoms with van der Waals surface area (Å²) in [5.41, 5.74) is 7.94. The lowest BCUT2D eigenvalue weighted by atomic mass is 10.1. The number of aliphatic hydroxyl groups excluding tert-OH is 3. The van der Waals surface area contributed by atoms with Crippen LogP contribution in [0.25, 0.3) is 0 Å². The quantitative estimate of drug-likeness (QED) is 0.106. The first-order chi connectivity index (χ1) is 27.2. The number of aliphatic hydroxyl groups is 3. The highest BCUT2D eigenvalue weighted by Crippen LogP contribution is 2.28. The highest BCUT2D eigenvalue weighted by atomic mass is 19.1. The Bertz CT molecular complexity index is 1730. The maximum atomic E-state index is 14.7. The van der Waals surface area contributed by atoms with Crippen LogP contribution in [0.3, 0.4) is 0 Å². The van der Waals surface area contributed by atoms with E-state index >= 15 is 0 Å². The summed E-state index contributed by atoms with van der Waals surface area (Å²) in [7, 11) is 0. The van der Waals surface area contributed by atoms with Crippen LogP contribution < -0.4 is 15.2 Å². The van der Waals surface area contributed by atoms with E-state index in [1.54, 1.807) is 19.1 Å². The third kappa shape index (κ3) is 15.3. The first-order valence-electron chi connectivity index (χ1n) is 19.2. The van der Waals surface area contributed by atoms with Crippen molar-refractivity contribution in [2.24, 2.45) is 5.73 Å². The summed E-state index contributed by atoms with van der Waals surface area (Å²) in [4.78, 5) is 2.12. The molecule has 312 valence electrons. The molecular formula is C44H58F2N2O9. The molecule has 0 spiro atoms. The Morgan fingerprint density at radius 3 is 1.47 bits per heavy atom. The Hall–Kier alpha value is -4.02. The third-order valence-electron chi connectivity index (χ3n) is 8.81. The van der Waals surface area contributed by atoms with Gasteiger partial charge in [0.15, 0.2) is 11.6 Å². The zero-order chi connectivity index (χ0) is 41.4. The largest absolute Gasteiger partial charge is 0.491 e. The van der Waals surface area contributed by atoms with Gasteiger partial charge in [0, 0.05) is 43.9 Å². The molecule has 11 nitrogen and oxygen atoms in total. The molecule has 0 aliphatic carbocycles. The molecule has 6 rings (SSSR count). The summed E-state index contributed by atoms with van der Waals surface area (Å²) in [5.74, 6) is -1.24. The zero-order valence-corrected chi connectivity index (χ0v) is 33.5. The van der Waals surface area contributed by atoms with Crippen molar-refractivity contribution in [3.05, 3.63) is 131 Å². The Balaban J connectivity index is 0.000000266. The van der Waals surface area contributed by atoms with Crippen molar-refractivity contribution in [2.75, 3.05) is 46.1 Å². The van der Waals surface area contributed by atoms with Crippen LogP contribution in [0.2, 0.25) is 0 Å². The molecule has 5 N–H and O–H groups in total. The topological polar surface area (TPSA) is 145 Å². The van der Waals surface area contributed by atoms with E-state index in [2.05, 4.69) is 29.2 Å². The van der Waals surface area contributed by atoms with Crippen molar-refractivity contribution in [1.29, 1.82) is 0 Å². The molecule has 2 fully saturated rings. The van der Waals surface area contributed by atoms with Crippen LogP contribution in [-0.4, -0.2) is 90.1 Å². The van der Waals surface area contributed by atoms with Crippen molar-refractivity contribution in [3.63, 3.8) is 0 Å². The van der Waals surface area contributed by atoms with Crippen LogP contribution in [-0.2, 0) is 32.0 Å². The maximum Gasteiger partial charge on any atom is 0.163 e. The minimum atomic E-state index is -1.04. The minimum Gasteiger partial charge on any atom is -0.491 e. The number of ether oxygens (including phenoxy) is 6. The van der Waals surface area contributed by atoms with Crippen molar-refractivity contribution < 1.29 is 52.5 Å². The van der Waals surface area contributed by atoms with Gasteiger partial charge in [0.05, 0.1) is 25.4 Å². The third-order valence-corrected chi connectivity index (χ3v) is 8.81. The fourth-order valence-corrected chi connectivity index (χ4v) is 6.14. The predicted molar refractivity (Wildman–Crippen MR) is 212 cm³/mol. The van der Waals surface area contributed by atoms with Gasteiger partial charge in [-0.2, -0.15) is 0 Å². The zero-order valence-electron chi connectivity index (χ0n) is 33.5. The number of nitrogens with zero attached hydrogens (tertiary/aromatic N) is 1.